The molecule has 0 bridgehead atoms. The quantitative estimate of drug-likeness (QED) is 0.626. The zero-order valence-electron chi connectivity index (χ0n) is 17.9. The number of carbonyl (C=O) groups excluding carboxylic acids is 1. The number of ketones is 1. The molecule has 31 heavy (non-hydrogen) atoms. The van der Waals surface area contributed by atoms with Crippen LogP contribution >= 0.6 is 0 Å². The molecule has 0 amide bonds. The van der Waals surface area contributed by atoms with Crippen LogP contribution in [0.4, 0.5) is 0 Å². The summed E-state index contributed by atoms with van der Waals surface area (Å²) in [6.07, 6.45) is 2.60. The highest BCUT2D eigenvalue weighted by molar-refractivity contribution is 6.07. The normalized spacial score (nSPS) is 19.1. The summed E-state index contributed by atoms with van der Waals surface area (Å²) in [5, 5.41) is 31.5. The van der Waals surface area contributed by atoms with Crippen LogP contribution in [0.3, 0.4) is 0 Å². The van der Waals surface area contributed by atoms with Gasteiger partial charge in [0.25, 0.3) is 0 Å². The fourth-order valence-corrected chi connectivity index (χ4v) is 4.02. The van der Waals surface area contributed by atoms with Crippen LogP contribution < -0.4 is 9.47 Å². The molecule has 2 unspecified atom stereocenters. The highest BCUT2D eigenvalue weighted by Crippen LogP contribution is 2.48. The summed E-state index contributed by atoms with van der Waals surface area (Å²) in [7, 11) is 0. The number of aromatic hydroxyl groups is 3. The van der Waals surface area contributed by atoms with Crippen molar-refractivity contribution in [3.63, 3.8) is 0 Å². The zero-order chi connectivity index (χ0) is 22.4. The Kier molecular flexibility index (Phi) is 5.17. The molecule has 0 aromatic heterocycles. The van der Waals surface area contributed by atoms with Gasteiger partial charge in [-0.15, -0.1) is 0 Å². The van der Waals surface area contributed by atoms with Crippen molar-refractivity contribution >= 4 is 5.78 Å². The lowest BCUT2D eigenvalue weighted by Gasteiger charge is -2.26. The van der Waals surface area contributed by atoms with E-state index in [1.54, 1.807) is 12.1 Å². The maximum absolute atomic E-state index is 13.4. The van der Waals surface area contributed by atoms with Gasteiger partial charge in [0.15, 0.2) is 5.78 Å². The van der Waals surface area contributed by atoms with Gasteiger partial charge in [-0.05, 0) is 44.4 Å². The number of hydrogen-bond donors (Lipinski definition) is 3. The Labute approximate surface area is 181 Å². The topological polar surface area (TPSA) is 96.2 Å². The summed E-state index contributed by atoms with van der Waals surface area (Å²) < 4.78 is 11.6. The van der Waals surface area contributed by atoms with Crippen LogP contribution in [0, 0.1) is 0 Å². The summed E-state index contributed by atoms with van der Waals surface area (Å²) in [5.74, 6) is -0.748. The van der Waals surface area contributed by atoms with Crippen molar-refractivity contribution in [2.75, 3.05) is 6.61 Å². The molecule has 0 saturated carbocycles. The second-order valence-electron chi connectivity index (χ2n) is 8.49. The molecule has 0 aliphatic carbocycles. The van der Waals surface area contributed by atoms with Gasteiger partial charge < -0.3 is 24.8 Å². The first-order chi connectivity index (χ1) is 14.7. The molecular weight excluding hydrogens is 396 g/mol. The predicted octanol–water partition coefficient (Wildman–Crippen LogP) is 4.55. The van der Waals surface area contributed by atoms with Crippen LogP contribution in [0.2, 0.25) is 0 Å². The van der Waals surface area contributed by atoms with Crippen LogP contribution in [-0.4, -0.2) is 33.8 Å². The number of phenolic OH excluding ortho intramolecular Hbond substituents is 3. The van der Waals surface area contributed by atoms with Gasteiger partial charge in [0, 0.05) is 29.7 Å². The summed E-state index contributed by atoms with van der Waals surface area (Å²) in [6.45, 7) is 9.68. The number of carbonyl (C=O) groups is 1. The van der Waals surface area contributed by atoms with Crippen LogP contribution in [0.1, 0.15) is 53.7 Å². The zero-order valence-corrected chi connectivity index (χ0v) is 17.9. The Hall–Kier alpha value is -3.41. The number of ether oxygens (including phenoxy) is 2. The van der Waals surface area contributed by atoms with E-state index in [-0.39, 0.29) is 47.1 Å². The van der Waals surface area contributed by atoms with Crippen LogP contribution in [0.25, 0.3) is 0 Å². The lowest BCUT2D eigenvalue weighted by atomic mass is 9.85. The first kappa shape index (κ1) is 20.8. The Morgan fingerprint density at radius 3 is 2.55 bits per heavy atom. The summed E-state index contributed by atoms with van der Waals surface area (Å²) in [5.41, 5.74) is 3.54. The first-order valence-electron chi connectivity index (χ1n) is 10.2. The van der Waals surface area contributed by atoms with E-state index in [9.17, 15) is 20.1 Å². The molecule has 0 saturated heterocycles. The molecule has 0 radical (unpaired) electrons. The van der Waals surface area contributed by atoms with E-state index >= 15 is 0 Å². The van der Waals surface area contributed by atoms with Gasteiger partial charge in [0.05, 0.1) is 5.92 Å². The van der Waals surface area contributed by atoms with Gasteiger partial charge in [0.2, 0.25) is 0 Å². The first-order valence-corrected chi connectivity index (χ1v) is 10.2. The third-order valence-corrected chi connectivity index (χ3v) is 5.84. The SMILES string of the molecule is C=C(C)C1Cc2c(cc3c(c2O)C(=O)C(c2cc(CC=C(C)C)c(O)cc2O)CO3)O1. The molecular formula is C25H26O6. The van der Waals surface area contributed by atoms with E-state index < -0.39 is 5.92 Å². The summed E-state index contributed by atoms with van der Waals surface area (Å²) >= 11 is 0. The number of benzene rings is 2. The average Bonchev–Trinajstić information content (AvgIpc) is 3.13. The average molecular weight is 422 g/mol. The molecule has 3 N–H and O–H groups in total. The van der Waals surface area contributed by atoms with Crippen molar-refractivity contribution < 1.29 is 29.6 Å². The molecule has 2 atom stereocenters. The van der Waals surface area contributed by atoms with Crippen molar-refractivity contribution in [2.24, 2.45) is 0 Å². The highest BCUT2D eigenvalue weighted by atomic mass is 16.5. The van der Waals surface area contributed by atoms with Gasteiger partial charge in [-0.2, -0.15) is 0 Å². The number of hydrogen-bond acceptors (Lipinski definition) is 6. The van der Waals surface area contributed by atoms with Gasteiger partial charge >= 0.3 is 0 Å². The second kappa shape index (κ2) is 7.69. The van der Waals surface area contributed by atoms with E-state index in [2.05, 4.69) is 6.58 Å². The fourth-order valence-electron chi connectivity index (χ4n) is 4.02. The number of allylic oxidation sites excluding steroid dienone is 2. The fraction of sp³-hybridized carbons (Fsp3) is 0.320. The predicted molar refractivity (Wildman–Crippen MR) is 117 cm³/mol. The van der Waals surface area contributed by atoms with Gasteiger partial charge in [-0.25, -0.2) is 0 Å². The lowest BCUT2D eigenvalue weighted by molar-refractivity contribution is 0.0889. The molecule has 2 heterocycles. The van der Waals surface area contributed by atoms with E-state index in [1.807, 2.05) is 26.8 Å². The number of rotatable bonds is 4. The number of fused-ring (bicyclic) bond motifs is 2. The molecule has 0 fully saturated rings. The minimum Gasteiger partial charge on any atom is -0.508 e. The molecule has 6 heteroatoms. The van der Waals surface area contributed by atoms with Gasteiger partial charge in [-0.1, -0.05) is 18.2 Å². The largest absolute Gasteiger partial charge is 0.508 e. The third-order valence-electron chi connectivity index (χ3n) is 5.84. The van der Waals surface area contributed by atoms with E-state index in [1.165, 1.54) is 6.07 Å². The number of Topliss-reactive ketones (excluding diaryl/α,β-unsaturated/α-hetero) is 1. The maximum Gasteiger partial charge on any atom is 0.181 e. The van der Waals surface area contributed by atoms with E-state index in [4.69, 9.17) is 9.47 Å². The second-order valence-corrected chi connectivity index (χ2v) is 8.49. The van der Waals surface area contributed by atoms with Gasteiger partial charge in [-0.3, -0.25) is 4.79 Å². The van der Waals surface area contributed by atoms with Crippen LogP contribution in [0.15, 0.2) is 42.0 Å². The summed E-state index contributed by atoms with van der Waals surface area (Å²) in [4.78, 5) is 13.4. The van der Waals surface area contributed by atoms with E-state index in [0.717, 1.165) is 11.1 Å². The molecule has 2 aromatic rings. The molecule has 0 spiro atoms. The van der Waals surface area contributed by atoms with E-state index in [0.29, 0.717) is 35.3 Å². The molecule has 2 aliphatic rings. The van der Waals surface area contributed by atoms with Crippen molar-refractivity contribution in [1.82, 2.24) is 0 Å². The lowest BCUT2D eigenvalue weighted by Crippen LogP contribution is -2.26. The third kappa shape index (κ3) is 3.63. The highest BCUT2D eigenvalue weighted by Gasteiger charge is 2.38. The van der Waals surface area contributed by atoms with Crippen LogP contribution in [-0.2, 0) is 12.8 Å². The van der Waals surface area contributed by atoms with Crippen LogP contribution in [0.5, 0.6) is 28.7 Å². The summed E-state index contributed by atoms with van der Waals surface area (Å²) in [6, 6.07) is 4.52. The Balaban J connectivity index is 1.73. The molecule has 6 nitrogen and oxygen atoms in total. The van der Waals surface area contributed by atoms with Gasteiger partial charge in [0.1, 0.15) is 47.0 Å². The smallest absolute Gasteiger partial charge is 0.181 e. The molecule has 2 aromatic carbocycles. The monoisotopic (exact) mass is 422 g/mol. The Morgan fingerprint density at radius 2 is 1.87 bits per heavy atom. The minimum absolute atomic E-state index is 0.00833. The maximum atomic E-state index is 13.4. The van der Waals surface area contributed by atoms with Crippen molar-refractivity contribution in [2.45, 2.75) is 45.6 Å². The molecule has 4 rings (SSSR count). The van der Waals surface area contributed by atoms with Crippen molar-refractivity contribution in [3.05, 3.63) is 64.3 Å². The Bertz CT molecular complexity index is 1120. The van der Waals surface area contributed by atoms with Crippen molar-refractivity contribution in [3.8, 4) is 28.7 Å². The minimum atomic E-state index is -0.804. The van der Waals surface area contributed by atoms with Crippen molar-refractivity contribution in [1.29, 1.82) is 0 Å². The number of phenols is 3. The molecule has 162 valence electrons. The standard InChI is InChI=1S/C25H26O6/c1-12(2)5-6-14-7-15(19(27)9-18(14)26)17-11-30-22-10-21-16(8-20(31-21)13(3)4)24(28)23(22)25(17)29/h5,7,9-10,17,20,26-28H,3,6,8,11H2,1-2,4H3. The molecule has 2 aliphatic heterocycles. The Morgan fingerprint density at radius 1 is 1.13 bits per heavy atom.